The van der Waals surface area contributed by atoms with Crippen LogP contribution in [0.5, 0.6) is 0 Å². The summed E-state index contributed by atoms with van der Waals surface area (Å²) in [7, 11) is -3.98. The third-order valence-corrected chi connectivity index (χ3v) is 4.49. The van der Waals surface area contributed by atoms with E-state index in [0.717, 1.165) is 6.07 Å². The Hall–Kier alpha value is -1.26. The standard InChI is InChI=1S/C10H7Br2FN4O2S/c11-8-4-15-10(9(12)16-8)17-20(18,19)5-1-2-7(14)6(13)3-5/h1-4H,14H2,(H,15,17). The molecule has 0 fully saturated rings. The summed E-state index contributed by atoms with van der Waals surface area (Å²) in [5.74, 6) is -0.820. The van der Waals surface area contributed by atoms with E-state index in [0.29, 0.717) is 4.60 Å². The molecule has 106 valence electrons. The second-order valence-corrected chi connectivity index (χ2v) is 6.87. The minimum atomic E-state index is -3.98. The number of nitrogen functional groups attached to an aromatic ring is 1. The maximum atomic E-state index is 13.3. The smallest absolute Gasteiger partial charge is 0.263 e. The molecule has 0 unspecified atom stereocenters. The molecular formula is C10H7Br2FN4O2S. The number of aromatic nitrogens is 2. The monoisotopic (exact) mass is 424 g/mol. The minimum Gasteiger partial charge on any atom is -0.396 e. The second-order valence-electron chi connectivity index (χ2n) is 3.62. The van der Waals surface area contributed by atoms with Gasteiger partial charge in [0.2, 0.25) is 0 Å². The Labute approximate surface area is 130 Å². The first kappa shape index (κ1) is 15.1. The molecule has 0 atom stereocenters. The van der Waals surface area contributed by atoms with Crippen LogP contribution in [0.4, 0.5) is 15.9 Å². The number of nitrogens with one attached hydrogen (secondary N) is 1. The molecule has 6 nitrogen and oxygen atoms in total. The van der Waals surface area contributed by atoms with Crippen LogP contribution >= 0.6 is 31.9 Å². The van der Waals surface area contributed by atoms with E-state index in [9.17, 15) is 12.8 Å². The molecular weight excluding hydrogens is 419 g/mol. The van der Waals surface area contributed by atoms with Crippen LogP contribution in [0.3, 0.4) is 0 Å². The number of anilines is 2. The summed E-state index contributed by atoms with van der Waals surface area (Å²) >= 11 is 6.17. The molecule has 0 aliphatic carbocycles. The van der Waals surface area contributed by atoms with Gasteiger partial charge in [0, 0.05) is 0 Å². The van der Waals surface area contributed by atoms with Crippen LogP contribution in [0.2, 0.25) is 0 Å². The van der Waals surface area contributed by atoms with E-state index >= 15 is 0 Å². The van der Waals surface area contributed by atoms with Crippen molar-refractivity contribution < 1.29 is 12.8 Å². The summed E-state index contributed by atoms with van der Waals surface area (Å²) in [5, 5.41) is 0. The van der Waals surface area contributed by atoms with Crippen molar-refractivity contribution in [1.82, 2.24) is 9.97 Å². The van der Waals surface area contributed by atoms with Gasteiger partial charge in [-0.2, -0.15) is 0 Å². The number of nitrogens with two attached hydrogens (primary N) is 1. The SMILES string of the molecule is Nc1ccc(S(=O)(=O)Nc2ncc(Br)nc2Br)cc1F. The summed E-state index contributed by atoms with van der Waals surface area (Å²) in [5.41, 5.74) is 5.17. The first-order valence-electron chi connectivity index (χ1n) is 5.05. The number of hydrogen-bond donors (Lipinski definition) is 2. The molecule has 1 aromatic carbocycles. The molecule has 1 aromatic heterocycles. The normalized spacial score (nSPS) is 11.3. The van der Waals surface area contributed by atoms with Crippen molar-refractivity contribution in [3.8, 4) is 0 Å². The van der Waals surface area contributed by atoms with Gasteiger partial charge in [-0.15, -0.1) is 0 Å². The predicted molar refractivity (Wildman–Crippen MR) is 79.1 cm³/mol. The molecule has 0 spiro atoms. The number of nitrogens with zero attached hydrogens (tertiary/aromatic N) is 2. The maximum Gasteiger partial charge on any atom is 0.263 e. The van der Waals surface area contributed by atoms with Crippen molar-refractivity contribution in [3.05, 3.63) is 39.4 Å². The Bertz CT molecular complexity index is 770. The number of sulfonamides is 1. The summed E-state index contributed by atoms with van der Waals surface area (Å²) < 4.78 is 40.3. The van der Waals surface area contributed by atoms with Crippen LogP contribution in [0.25, 0.3) is 0 Å². The van der Waals surface area contributed by atoms with Crippen LogP contribution in [0.1, 0.15) is 0 Å². The predicted octanol–water partition coefficient (Wildman–Crippen LogP) is 2.52. The molecule has 0 saturated heterocycles. The Morgan fingerprint density at radius 1 is 1.30 bits per heavy atom. The molecule has 0 saturated carbocycles. The zero-order chi connectivity index (χ0) is 14.9. The highest BCUT2D eigenvalue weighted by molar-refractivity contribution is 9.11. The van der Waals surface area contributed by atoms with E-state index in [1.54, 1.807) is 0 Å². The van der Waals surface area contributed by atoms with E-state index in [-0.39, 0.29) is 21.0 Å². The van der Waals surface area contributed by atoms with Gasteiger partial charge in [-0.05, 0) is 50.1 Å². The van der Waals surface area contributed by atoms with Gasteiger partial charge in [-0.1, -0.05) is 0 Å². The molecule has 20 heavy (non-hydrogen) atoms. The number of benzene rings is 1. The van der Waals surface area contributed by atoms with Crippen molar-refractivity contribution in [2.75, 3.05) is 10.5 Å². The van der Waals surface area contributed by atoms with Crippen molar-refractivity contribution in [1.29, 1.82) is 0 Å². The van der Waals surface area contributed by atoms with E-state index in [1.165, 1.54) is 18.3 Å². The first-order valence-corrected chi connectivity index (χ1v) is 8.12. The molecule has 1 heterocycles. The van der Waals surface area contributed by atoms with Crippen molar-refractivity contribution in [2.45, 2.75) is 4.90 Å². The molecule has 2 aromatic rings. The highest BCUT2D eigenvalue weighted by atomic mass is 79.9. The minimum absolute atomic E-state index is 0.00886. The number of halogens is 3. The zero-order valence-electron chi connectivity index (χ0n) is 9.64. The van der Waals surface area contributed by atoms with Gasteiger partial charge in [0.05, 0.1) is 16.8 Å². The number of rotatable bonds is 3. The summed E-state index contributed by atoms with van der Waals surface area (Å²) in [6, 6.07) is 3.20. The van der Waals surface area contributed by atoms with Gasteiger partial charge in [0.1, 0.15) is 10.4 Å². The Kier molecular flexibility index (Phi) is 4.25. The van der Waals surface area contributed by atoms with Crippen LogP contribution < -0.4 is 10.5 Å². The largest absolute Gasteiger partial charge is 0.396 e. The molecule has 2 rings (SSSR count). The summed E-state index contributed by atoms with van der Waals surface area (Å²) in [6.07, 6.45) is 1.33. The fourth-order valence-electron chi connectivity index (χ4n) is 1.28. The van der Waals surface area contributed by atoms with Crippen molar-refractivity contribution >= 4 is 53.4 Å². The molecule has 10 heteroatoms. The van der Waals surface area contributed by atoms with Crippen molar-refractivity contribution in [3.63, 3.8) is 0 Å². The quantitative estimate of drug-likeness (QED) is 0.736. The average molecular weight is 426 g/mol. The highest BCUT2D eigenvalue weighted by Crippen LogP contribution is 2.23. The van der Waals surface area contributed by atoms with Gasteiger partial charge in [0.15, 0.2) is 10.4 Å². The van der Waals surface area contributed by atoms with Gasteiger partial charge in [0.25, 0.3) is 10.0 Å². The lowest BCUT2D eigenvalue weighted by Crippen LogP contribution is -2.15. The molecule has 0 amide bonds. The van der Waals surface area contributed by atoms with Crippen LogP contribution in [0.15, 0.2) is 38.5 Å². The van der Waals surface area contributed by atoms with Crippen molar-refractivity contribution in [2.24, 2.45) is 0 Å². The third kappa shape index (κ3) is 3.25. The Morgan fingerprint density at radius 2 is 2.00 bits per heavy atom. The lowest BCUT2D eigenvalue weighted by atomic mass is 10.3. The van der Waals surface area contributed by atoms with Crippen LogP contribution in [-0.4, -0.2) is 18.4 Å². The number of hydrogen-bond acceptors (Lipinski definition) is 5. The lowest BCUT2D eigenvalue weighted by Gasteiger charge is -2.09. The third-order valence-electron chi connectivity index (χ3n) is 2.21. The Morgan fingerprint density at radius 3 is 2.60 bits per heavy atom. The van der Waals surface area contributed by atoms with E-state index < -0.39 is 15.8 Å². The van der Waals surface area contributed by atoms with E-state index in [1.807, 2.05) is 0 Å². The second kappa shape index (κ2) is 5.62. The van der Waals surface area contributed by atoms with Gasteiger partial charge in [-0.25, -0.2) is 22.8 Å². The van der Waals surface area contributed by atoms with Gasteiger partial charge < -0.3 is 5.73 Å². The average Bonchev–Trinajstić information content (AvgIpc) is 2.36. The Balaban J connectivity index is 2.38. The lowest BCUT2D eigenvalue weighted by molar-refractivity contribution is 0.596. The zero-order valence-corrected chi connectivity index (χ0v) is 13.6. The topological polar surface area (TPSA) is 98.0 Å². The van der Waals surface area contributed by atoms with Gasteiger partial charge in [-0.3, -0.25) is 4.72 Å². The molecule has 0 aliphatic rings. The summed E-state index contributed by atoms with van der Waals surface area (Å²) in [4.78, 5) is 7.53. The first-order chi connectivity index (χ1) is 9.29. The molecule has 0 bridgehead atoms. The van der Waals surface area contributed by atoms with E-state index in [2.05, 4.69) is 46.5 Å². The molecule has 3 N–H and O–H groups in total. The fourth-order valence-corrected chi connectivity index (χ4v) is 3.35. The van der Waals surface area contributed by atoms with E-state index in [4.69, 9.17) is 5.73 Å². The molecule has 0 radical (unpaired) electrons. The van der Waals surface area contributed by atoms with Gasteiger partial charge >= 0.3 is 0 Å². The fraction of sp³-hybridized carbons (Fsp3) is 0. The highest BCUT2D eigenvalue weighted by Gasteiger charge is 2.18. The maximum absolute atomic E-state index is 13.3. The van der Waals surface area contributed by atoms with Crippen LogP contribution in [-0.2, 0) is 10.0 Å². The van der Waals surface area contributed by atoms with Crippen LogP contribution in [0, 0.1) is 5.82 Å². The summed E-state index contributed by atoms with van der Waals surface area (Å²) in [6.45, 7) is 0. The molecule has 0 aliphatic heterocycles.